The zero-order chi connectivity index (χ0) is 27.0. The monoisotopic (exact) mass is 547 g/mol. The maximum atomic E-state index is 11.3. The van der Waals surface area contributed by atoms with Crippen LogP contribution in [0.25, 0.3) is 27.7 Å². The van der Waals surface area contributed by atoms with Crippen LogP contribution < -0.4 is 4.74 Å². The van der Waals surface area contributed by atoms with E-state index >= 15 is 0 Å². The van der Waals surface area contributed by atoms with Crippen molar-refractivity contribution in [3.05, 3.63) is 99.4 Å². The number of rotatable bonds is 8. The summed E-state index contributed by atoms with van der Waals surface area (Å²) in [6.45, 7) is 6.55. The molecule has 0 atom stereocenters. The first-order valence-electron chi connectivity index (χ1n) is 12.3. The number of carbonyl (C=O) groups is 1. The summed E-state index contributed by atoms with van der Waals surface area (Å²) in [5, 5.41) is 15.8. The maximum absolute atomic E-state index is 11.3. The van der Waals surface area contributed by atoms with Gasteiger partial charge in [-0.25, -0.2) is 4.68 Å². The highest BCUT2D eigenvalue weighted by Gasteiger charge is 2.19. The van der Waals surface area contributed by atoms with E-state index < -0.39 is 5.97 Å². The van der Waals surface area contributed by atoms with Crippen molar-refractivity contribution in [2.75, 3.05) is 0 Å². The summed E-state index contributed by atoms with van der Waals surface area (Å²) in [5.74, 6) is 0.114. The number of para-hydroxylation sites is 1. The fourth-order valence-electron chi connectivity index (χ4n) is 4.75. The van der Waals surface area contributed by atoms with Gasteiger partial charge in [0, 0.05) is 17.1 Å². The fourth-order valence-corrected chi connectivity index (χ4v) is 5.31. The molecule has 0 spiro atoms. The van der Waals surface area contributed by atoms with Crippen LogP contribution in [-0.2, 0) is 17.8 Å². The molecule has 5 rings (SSSR count). The van der Waals surface area contributed by atoms with Crippen LogP contribution in [0.4, 0.5) is 0 Å². The predicted molar refractivity (Wildman–Crippen MR) is 152 cm³/mol. The number of halogens is 2. The Kier molecular flexibility index (Phi) is 7.19. The average molecular weight is 548 g/mol. The van der Waals surface area contributed by atoms with E-state index in [-0.39, 0.29) is 12.3 Å². The Morgan fingerprint density at radius 3 is 2.55 bits per heavy atom. The number of aliphatic carboxylic acids is 1. The van der Waals surface area contributed by atoms with Crippen molar-refractivity contribution < 1.29 is 14.6 Å². The van der Waals surface area contributed by atoms with E-state index in [0.717, 1.165) is 50.2 Å². The zero-order valence-corrected chi connectivity index (χ0v) is 22.8. The molecule has 2 N–H and O–H groups in total. The second-order valence-electron chi connectivity index (χ2n) is 9.59. The molecule has 0 fully saturated rings. The SMILES string of the molecule is Cc1cc(OCc2c(C(C)C)cnn2-c2c(Cl)cccc2Cl)ccc1-c1ccc2[nH]cc(CC(=O)O)c2c1. The van der Waals surface area contributed by atoms with E-state index in [4.69, 9.17) is 27.9 Å². The number of H-pyrrole nitrogens is 1. The molecule has 8 heteroatoms. The topological polar surface area (TPSA) is 80.1 Å². The van der Waals surface area contributed by atoms with Crippen LogP contribution in [-0.4, -0.2) is 25.8 Å². The summed E-state index contributed by atoms with van der Waals surface area (Å²) in [6, 6.07) is 17.4. The lowest BCUT2D eigenvalue weighted by Gasteiger charge is -2.16. The second-order valence-corrected chi connectivity index (χ2v) is 10.4. The summed E-state index contributed by atoms with van der Waals surface area (Å²) in [7, 11) is 0. The molecule has 38 heavy (non-hydrogen) atoms. The summed E-state index contributed by atoms with van der Waals surface area (Å²) in [5.41, 5.74) is 7.38. The Bertz CT molecular complexity index is 1630. The second kappa shape index (κ2) is 10.6. The Morgan fingerprint density at radius 1 is 1.11 bits per heavy atom. The third-order valence-corrected chi connectivity index (χ3v) is 7.28. The number of aromatic amines is 1. The molecule has 0 aliphatic carbocycles. The molecule has 6 nitrogen and oxygen atoms in total. The van der Waals surface area contributed by atoms with Crippen LogP contribution in [0.1, 0.15) is 42.1 Å². The van der Waals surface area contributed by atoms with Gasteiger partial charge < -0.3 is 14.8 Å². The third kappa shape index (κ3) is 5.02. The first kappa shape index (κ1) is 25.9. The first-order valence-corrected chi connectivity index (χ1v) is 13.0. The van der Waals surface area contributed by atoms with Crippen molar-refractivity contribution in [1.29, 1.82) is 0 Å². The molecule has 0 bridgehead atoms. The molecule has 5 aromatic rings. The van der Waals surface area contributed by atoms with Gasteiger partial charge in [0.15, 0.2) is 0 Å². The molecule has 0 radical (unpaired) electrons. The first-order chi connectivity index (χ1) is 18.2. The van der Waals surface area contributed by atoms with Crippen molar-refractivity contribution in [3.63, 3.8) is 0 Å². The molecule has 0 aliphatic heterocycles. The van der Waals surface area contributed by atoms with E-state index in [1.807, 2.05) is 55.6 Å². The number of benzene rings is 3. The van der Waals surface area contributed by atoms with Crippen LogP contribution in [0, 0.1) is 6.92 Å². The number of ether oxygens (including phenoxy) is 1. The highest BCUT2D eigenvalue weighted by Crippen LogP contribution is 2.34. The van der Waals surface area contributed by atoms with Gasteiger partial charge >= 0.3 is 5.97 Å². The van der Waals surface area contributed by atoms with Gasteiger partial charge in [-0.15, -0.1) is 0 Å². The van der Waals surface area contributed by atoms with E-state index in [9.17, 15) is 9.90 Å². The van der Waals surface area contributed by atoms with Gasteiger partial charge in [0.25, 0.3) is 0 Å². The highest BCUT2D eigenvalue weighted by molar-refractivity contribution is 6.37. The summed E-state index contributed by atoms with van der Waals surface area (Å²) < 4.78 is 8.02. The molecular weight excluding hydrogens is 521 g/mol. The number of hydrogen-bond acceptors (Lipinski definition) is 3. The van der Waals surface area contributed by atoms with Gasteiger partial charge in [-0.1, -0.05) is 55.2 Å². The van der Waals surface area contributed by atoms with Crippen molar-refractivity contribution in [2.24, 2.45) is 0 Å². The Morgan fingerprint density at radius 2 is 1.87 bits per heavy atom. The van der Waals surface area contributed by atoms with Gasteiger partial charge in [-0.05, 0) is 77.1 Å². The minimum absolute atomic E-state index is 0.0242. The summed E-state index contributed by atoms with van der Waals surface area (Å²) >= 11 is 13.0. The van der Waals surface area contributed by atoms with Crippen LogP contribution >= 0.6 is 23.2 Å². The lowest BCUT2D eigenvalue weighted by atomic mass is 9.98. The van der Waals surface area contributed by atoms with Crippen molar-refractivity contribution in [1.82, 2.24) is 14.8 Å². The molecule has 0 unspecified atom stereocenters. The number of hydrogen-bond donors (Lipinski definition) is 2. The number of carboxylic acids is 1. The van der Waals surface area contributed by atoms with Crippen LogP contribution in [0.3, 0.4) is 0 Å². The van der Waals surface area contributed by atoms with Crippen LogP contribution in [0.15, 0.2) is 67.0 Å². The quantitative estimate of drug-likeness (QED) is 0.206. The standard InChI is InChI=1S/C30H27Cl2N3O3/c1-17(2)24-15-34-35(30-25(31)5-4-6-26(30)32)28(24)16-38-21-8-9-22(18(3)11-21)19-7-10-27-23(12-19)20(14-33-27)13-29(36)37/h4-12,14-15,17,33H,13,16H2,1-3H3,(H,36,37). The zero-order valence-electron chi connectivity index (χ0n) is 21.3. The smallest absolute Gasteiger partial charge is 0.307 e. The van der Waals surface area contributed by atoms with Crippen molar-refractivity contribution >= 4 is 40.1 Å². The Balaban J connectivity index is 1.43. The molecule has 194 valence electrons. The van der Waals surface area contributed by atoms with Gasteiger partial charge in [0.1, 0.15) is 18.0 Å². The van der Waals surface area contributed by atoms with Gasteiger partial charge in [0.2, 0.25) is 0 Å². The third-order valence-electron chi connectivity index (χ3n) is 6.67. The number of aromatic nitrogens is 3. The normalized spacial score (nSPS) is 11.4. The number of carboxylic acid groups (broad SMARTS) is 1. The van der Waals surface area contributed by atoms with Gasteiger partial charge in [0.05, 0.1) is 28.4 Å². The lowest BCUT2D eigenvalue weighted by Crippen LogP contribution is -2.09. The highest BCUT2D eigenvalue weighted by atomic mass is 35.5. The van der Waals surface area contributed by atoms with Gasteiger partial charge in [-0.3, -0.25) is 4.79 Å². The maximum Gasteiger partial charge on any atom is 0.307 e. The fraction of sp³-hybridized carbons (Fsp3) is 0.200. The molecule has 2 heterocycles. The van der Waals surface area contributed by atoms with Crippen molar-refractivity contribution in [3.8, 4) is 22.6 Å². The summed E-state index contributed by atoms with van der Waals surface area (Å²) in [6.07, 6.45) is 3.58. The van der Waals surface area contributed by atoms with E-state index in [0.29, 0.717) is 22.3 Å². The molecule has 0 saturated carbocycles. The number of aryl methyl sites for hydroxylation is 1. The molecule has 3 aromatic carbocycles. The number of nitrogens with zero attached hydrogens (tertiary/aromatic N) is 2. The van der Waals surface area contributed by atoms with Gasteiger partial charge in [-0.2, -0.15) is 5.10 Å². The Hall–Kier alpha value is -3.74. The largest absolute Gasteiger partial charge is 0.487 e. The number of fused-ring (bicyclic) bond motifs is 1. The predicted octanol–water partition coefficient (Wildman–Crippen LogP) is 7.97. The number of nitrogens with one attached hydrogen (secondary N) is 1. The molecule has 0 aliphatic rings. The average Bonchev–Trinajstić information content (AvgIpc) is 3.46. The molecule has 0 saturated heterocycles. The van der Waals surface area contributed by atoms with Crippen molar-refractivity contribution in [2.45, 2.75) is 39.7 Å². The lowest BCUT2D eigenvalue weighted by molar-refractivity contribution is -0.136. The summed E-state index contributed by atoms with van der Waals surface area (Å²) in [4.78, 5) is 14.4. The van der Waals surface area contributed by atoms with Crippen LogP contribution in [0.2, 0.25) is 10.0 Å². The minimum atomic E-state index is -0.854. The molecule has 2 aromatic heterocycles. The minimum Gasteiger partial charge on any atom is -0.487 e. The van der Waals surface area contributed by atoms with E-state index in [1.165, 1.54) is 0 Å². The molecular formula is C30H27Cl2N3O3. The van der Waals surface area contributed by atoms with E-state index in [1.54, 1.807) is 23.0 Å². The van der Waals surface area contributed by atoms with Crippen LogP contribution in [0.5, 0.6) is 5.75 Å². The Labute approximate surface area is 230 Å². The molecule has 0 amide bonds. The van der Waals surface area contributed by atoms with E-state index in [2.05, 4.69) is 23.9 Å².